The molecule has 0 aromatic heterocycles. The zero-order valence-electron chi connectivity index (χ0n) is 15.1. The van der Waals surface area contributed by atoms with E-state index >= 15 is 0 Å². The van der Waals surface area contributed by atoms with E-state index in [9.17, 15) is 14.9 Å². The molecule has 2 aromatic carbocycles. The first kappa shape index (κ1) is 18.5. The minimum atomic E-state index is -0.453. The summed E-state index contributed by atoms with van der Waals surface area (Å²) in [6.45, 7) is 2.91. The van der Waals surface area contributed by atoms with Gasteiger partial charge in [0.1, 0.15) is 19.0 Å². The van der Waals surface area contributed by atoms with Gasteiger partial charge in [0.25, 0.3) is 11.6 Å². The van der Waals surface area contributed by atoms with Crippen LogP contribution in [0.4, 0.5) is 5.69 Å². The Morgan fingerprint density at radius 2 is 1.93 bits per heavy atom. The zero-order valence-corrected chi connectivity index (χ0v) is 15.1. The van der Waals surface area contributed by atoms with Crippen LogP contribution in [0.3, 0.4) is 0 Å². The average Bonchev–Trinajstić information content (AvgIpc) is 2.65. The molecule has 0 N–H and O–H groups in total. The third kappa shape index (κ3) is 4.46. The molecule has 0 bridgehead atoms. The molecule has 1 aliphatic rings. The van der Waals surface area contributed by atoms with E-state index in [2.05, 4.69) is 0 Å². The van der Waals surface area contributed by atoms with E-state index < -0.39 is 4.92 Å². The second kappa shape index (κ2) is 7.94. The van der Waals surface area contributed by atoms with Crippen molar-refractivity contribution in [2.45, 2.75) is 13.5 Å². The highest BCUT2D eigenvalue weighted by Crippen LogP contribution is 2.31. The van der Waals surface area contributed by atoms with Gasteiger partial charge in [-0.3, -0.25) is 14.9 Å². The fourth-order valence-corrected chi connectivity index (χ4v) is 2.73. The van der Waals surface area contributed by atoms with Crippen LogP contribution >= 0.6 is 0 Å². The first-order valence-electron chi connectivity index (χ1n) is 8.44. The summed E-state index contributed by atoms with van der Waals surface area (Å²) in [5.41, 5.74) is 1.42. The number of fused-ring (bicyclic) bond motifs is 1. The lowest BCUT2D eigenvalue weighted by molar-refractivity contribution is -0.385. The molecule has 1 aliphatic heterocycles. The molecule has 0 radical (unpaired) electrons. The monoisotopic (exact) mass is 372 g/mol. The van der Waals surface area contributed by atoms with Gasteiger partial charge in [0.2, 0.25) is 0 Å². The van der Waals surface area contributed by atoms with Crippen molar-refractivity contribution in [1.29, 1.82) is 0 Å². The number of hydrogen-bond acceptors (Lipinski definition) is 6. The van der Waals surface area contributed by atoms with Gasteiger partial charge in [-0.05, 0) is 36.8 Å². The van der Waals surface area contributed by atoms with Crippen molar-refractivity contribution in [2.24, 2.45) is 0 Å². The number of nitro groups is 1. The van der Waals surface area contributed by atoms with Crippen molar-refractivity contribution >= 4 is 11.6 Å². The smallest absolute Gasteiger partial charge is 0.272 e. The second-order valence-electron chi connectivity index (χ2n) is 6.22. The molecule has 2 aromatic rings. The molecule has 0 fully saturated rings. The van der Waals surface area contributed by atoms with Crippen molar-refractivity contribution in [3.63, 3.8) is 0 Å². The van der Waals surface area contributed by atoms with Crippen LogP contribution in [0.1, 0.15) is 11.1 Å². The Kier molecular flexibility index (Phi) is 5.44. The van der Waals surface area contributed by atoms with E-state index in [0.29, 0.717) is 42.6 Å². The molecular weight excluding hydrogens is 352 g/mol. The fourth-order valence-electron chi connectivity index (χ4n) is 2.73. The Bertz CT molecular complexity index is 867. The SMILES string of the molecule is Cc1cc(OCC(=O)N(C)Cc2ccc3c(c2)OCCO3)ccc1[N+](=O)[O-]. The van der Waals surface area contributed by atoms with Crippen molar-refractivity contribution in [3.8, 4) is 17.2 Å². The molecule has 8 nitrogen and oxygen atoms in total. The van der Waals surface area contributed by atoms with E-state index in [0.717, 1.165) is 5.56 Å². The minimum Gasteiger partial charge on any atom is -0.486 e. The summed E-state index contributed by atoms with van der Waals surface area (Å²) in [6.07, 6.45) is 0. The zero-order chi connectivity index (χ0) is 19.4. The molecule has 1 heterocycles. The van der Waals surface area contributed by atoms with Crippen LogP contribution in [-0.2, 0) is 11.3 Å². The lowest BCUT2D eigenvalue weighted by atomic mass is 10.2. The van der Waals surface area contributed by atoms with Gasteiger partial charge >= 0.3 is 0 Å². The summed E-state index contributed by atoms with van der Waals surface area (Å²) in [4.78, 5) is 24.2. The Labute approximate surface area is 156 Å². The van der Waals surface area contributed by atoms with Crippen LogP contribution in [0, 0.1) is 17.0 Å². The van der Waals surface area contributed by atoms with Crippen molar-refractivity contribution in [3.05, 3.63) is 57.6 Å². The van der Waals surface area contributed by atoms with Crippen molar-refractivity contribution in [1.82, 2.24) is 4.90 Å². The van der Waals surface area contributed by atoms with Gasteiger partial charge in [-0.1, -0.05) is 6.07 Å². The van der Waals surface area contributed by atoms with E-state index in [1.165, 1.54) is 12.1 Å². The molecule has 27 heavy (non-hydrogen) atoms. The maximum absolute atomic E-state index is 12.3. The van der Waals surface area contributed by atoms with Crippen molar-refractivity contribution < 1.29 is 23.9 Å². The number of aryl methyl sites for hydroxylation is 1. The summed E-state index contributed by atoms with van der Waals surface area (Å²) in [5.74, 6) is 1.59. The number of rotatable bonds is 6. The maximum Gasteiger partial charge on any atom is 0.272 e. The van der Waals surface area contributed by atoms with Crippen molar-refractivity contribution in [2.75, 3.05) is 26.9 Å². The Morgan fingerprint density at radius 3 is 2.63 bits per heavy atom. The standard InChI is InChI=1S/C19H20N2O6/c1-13-9-15(4-5-16(13)21(23)24)27-12-19(22)20(2)11-14-3-6-17-18(10-14)26-8-7-25-17/h3-6,9-10H,7-8,11-12H2,1-2H3. The van der Waals surface area contributed by atoms with Crippen LogP contribution < -0.4 is 14.2 Å². The maximum atomic E-state index is 12.3. The molecule has 0 spiro atoms. The molecule has 8 heteroatoms. The van der Waals surface area contributed by atoms with Crippen LogP contribution in [0.2, 0.25) is 0 Å². The summed E-state index contributed by atoms with van der Waals surface area (Å²) < 4.78 is 16.5. The van der Waals surface area contributed by atoms with E-state index in [1.54, 1.807) is 24.9 Å². The molecular formula is C19H20N2O6. The predicted octanol–water partition coefficient (Wildman–Crippen LogP) is 2.71. The van der Waals surface area contributed by atoms with Gasteiger partial charge in [0.05, 0.1) is 4.92 Å². The molecule has 142 valence electrons. The van der Waals surface area contributed by atoms with Crippen LogP contribution in [-0.4, -0.2) is 42.6 Å². The van der Waals surface area contributed by atoms with E-state index in [4.69, 9.17) is 14.2 Å². The highest BCUT2D eigenvalue weighted by Gasteiger charge is 2.16. The van der Waals surface area contributed by atoms with Crippen LogP contribution in [0.5, 0.6) is 17.2 Å². The number of nitrogens with zero attached hydrogens (tertiary/aromatic N) is 2. The van der Waals surface area contributed by atoms with E-state index in [-0.39, 0.29) is 18.2 Å². The number of likely N-dealkylation sites (N-methyl/N-ethyl adjacent to an activating group) is 1. The van der Waals surface area contributed by atoms with Gasteiger partial charge in [0.15, 0.2) is 18.1 Å². The van der Waals surface area contributed by atoms with Gasteiger partial charge in [-0.25, -0.2) is 0 Å². The average molecular weight is 372 g/mol. The number of hydrogen-bond donors (Lipinski definition) is 0. The largest absolute Gasteiger partial charge is 0.486 e. The molecule has 0 unspecified atom stereocenters. The summed E-state index contributed by atoms with van der Waals surface area (Å²) in [6, 6.07) is 9.98. The third-order valence-electron chi connectivity index (χ3n) is 4.18. The van der Waals surface area contributed by atoms with Gasteiger partial charge in [-0.15, -0.1) is 0 Å². The summed E-state index contributed by atoms with van der Waals surface area (Å²) in [5, 5.41) is 10.8. The Hall–Kier alpha value is -3.29. The Morgan fingerprint density at radius 1 is 1.19 bits per heavy atom. The van der Waals surface area contributed by atoms with Crippen LogP contribution in [0.15, 0.2) is 36.4 Å². The van der Waals surface area contributed by atoms with E-state index in [1.807, 2.05) is 18.2 Å². The summed E-state index contributed by atoms with van der Waals surface area (Å²) >= 11 is 0. The highest BCUT2D eigenvalue weighted by molar-refractivity contribution is 5.77. The normalized spacial score (nSPS) is 12.4. The number of ether oxygens (including phenoxy) is 3. The first-order chi connectivity index (χ1) is 12.9. The molecule has 1 amide bonds. The number of carbonyl (C=O) groups excluding carboxylic acids is 1. The molecule has 3 rings (SSSR count). The summed E-state index contributed by atoms with van der Waals surface area (Å²) in [7, 11) is 1.68. The van der Waals surface area contributed by atoms with Gasteiger partial charge in [0, 0.05) is 25.2 Å². The number of nitro benzene ring substituents is 1. The fraction of sp³-hybridized carbons (Fsp3) is 0.316. The van der Waals surface area contributed by atoms with Crippen LogP contribution in [0.25, 0.3) is 0 Å². The lowest BCUT2D eigenvalue weighted by Gasteiger charge is -2.21. The number of amides is 1. The number of carbonyl (C=O) groups is 1. The third-order valence-corrected chi connectivity index (χ3v) is 4.18. The molecule has 0 aliphatic carbocycles. The minimum absolute atomic E-state index is 0.0180. The first-order valence-corrected chi connectivity index (χ1v) is 8.44. The highest BCUT2D eigenvalue weighted by atomic mass is 16.6. The number of benzene rings is 2. The van der Waals surface area contributed by atoms with Gasteiger partial charge < -0.3 is 19.1 Å². The second-order valence-corrected chi connectivity index (χ2v) is 6.22. The molecule has 0 atom stereocenters. The molecule has 0 saturated heterocycles. The van der Waals surface area contributed by atoms with Gasteiger partial charge in [-0.2, -0.15) is 0 Å². The molecule has 0 saturated carbocycles. The lowest BCUT2D eigenvalue weighted by Crippen LogP contribution is -2.31. The predicted molar refractivity (Wildman–Crippen MR) is 97.2 cm³/mol. The Balaban J connectivity index is 1.56. The quantitative estimate of drug-likeness (QED) is 0.572. The topological polar surface area (TPSA) is 91.1 Å².